The average molecular weight is 184 g/mol. The molecular formula is C7H12N4O2. The molecule has 1 rings (SSSR count). The van der Waals surface area contributed by atoms with Crippen LogP contribution in [0, 0.1) is 0 Å². The van der Waals surface area contributed by atoms with Gasteiger partial charge in [0.15, 0.2) is 0 Å². The molecule has 72 valence electrons. The summed E-state index contributed by atoms with van der Waals surface area (Å²) >= 11 is 0. The molecule has 5 N–H and O–H groups in total. The fraction of sp³-hybridized carbons (Fsp3) is 0.429. The zero-order valence-electron chi connectivity index (χ0n) is 7.24. The number of rotatable bonds is 3. The van der Waals surface area contributed by atoms with E-state index in [0.717, 1.165) is 0 Å². The summed E-state index contributed by atoms with van der Waals surface area (Å²) in [6.45, 7) is 1.78. The number of nitrogens with one attached hydrogen (secondary N) is 2. The maximum atomic E-state index is 11.3. The van der Waals surface area contributed by atoms with Gasteiger partial charge in [0, 0.05) is 6.54 Å². The van der Waals surface area contributed by atoms with E-state index >= 15 is 0 Å². The number of nitrogens with zero attached hydrogens (tertiary/aromatic N) is 1. The van der Waals surface area contributed by atoms with E-state index in [0.29, 0.717) is 5.56 Å². The van der Waals surface area contributed by atoms with Gasteiger partial charge >= 0.3 is 0 Å². The van der Waals surface area contributed by atoms with Crippen LogP contribution in [0.3, 0.4) is 0 Å². The first kappa shape index (κ1) is 9.53. The molecule has 1 heterocycles. The van der Waals surface area contributed by atoms with Crippen molar-refractivity contribution in [3.63, 3.8) is 0 Å². The summed E-state index contributed by atoms with van der Waals surface area (Å²) in [6, 6.07) is 0. The number of hydrogen-bond donors (Lipinski definition) is 4. The summed E-state index contributed by atoms with van der Waals surface area (Å²) in [4.78, 5) is 11.3. The number of aliphatic hydroxyl groups is 1. The van der Waals surface area contributed by atoms with Gasteiger partial charge in [-0.3, -0.25) is 9.89 Å². The predicted octanol–water partition coefficient (Wildman–Crippen LogP) is -0.897. The minimum Gasteiger partial charge on any atom is -0.392 e. The van der Waals surface area contributed by atoms with Crippen LogP contribution in [0.2, 0.25) is 0 Å². The lowest BCUT2D eigenvalue weighted by molar-refractivity contribution is 0.0925. The molecule has 0 saturated carbocycles. The smallest absolute Gasteiger partial charge is 0.256 e. The SMILES string of the molecule is CC(O)CNC(=O)c1cn[nH]c1N. The Kier molecular flexibility index (Phi) is 2.86. The number of aliphatic hydroxyl groups excluding tert-OH is 1. The average Bonchev–Trinajstić information content (AvgIpc) is 2.47. The fourth-order valence-electron chi connectivity index (χ4n) is 0.813. The molecule has 1 atom stereocenters. The molecule has 0 saturated heterocycles. The van der Waals surface area contributed by atoms with Crippen LogP contribution in [0.4, 0.5) is 5.82 Å². The van der Waals surface area contributed by atoms with Gasteiger partial charge in [0.1, 0.15) is 11.4 Å². The second-order valence-electron chi connectivity index (χ2n) is 2.76. The molecule has 0 spiro atoms. The van der Waals surface area contributed by atoms with Gasteiger partial charge in [0.25, 0.3) is 5.91 Å². The molecule has 0 aliphatic heterocycles. The highest BCUT2D eigenvalue weighted by molar-refractivity contribution is 5.98. The molecule has 1 unspecified atom stereocenters. The number of nitrogens with two attached hydrogens (primary N) is 1. The molecule has 0 radical (unpaired) electrons. The third-order valence-electron chi connectivity index (χ3n) is 1.47. The number of H-pyrrole nitrogens is 1. The number of nitrogen functional groups attached to an aromatic ring is 1. The third kappa shape index (κ3) is 2.45. The zero-order chi connectivity index (χ0) is 9.84. The second kappa shape index (κ2) is 3.90. The van der Waals surface area contributed by atoms with Gasteiger partial charge < -0.3 is 16.2 Å². The third-order valence-corrected chi connectivity index (χ3v) is 1.47. The number of anilines is 1. The summed E-state index contributed by atoms with van der Waals surface area (Å²) < 4.78 is 0. The molecule has 6 nitrogen and oxygen atoms in total. The molecule has 1 amide bonds. The lowest BCUT2D eigenvalue weighted by atomic mass is 10.3. The van der Waals surface area contributed by atoms with E-state index in [-0.39, 0.29) is 18.3 Å². The molecule has 0 aliphatic carbocycles. The van der Waals surface area contributed by atoms with E-state index in [9.17, 15) is 4.79 Å². The Hall–Kier alpha value is -1.56. The first-order chi connectivity index (χ1) is 6.11. The monoisotopic (exact) mass is 184 g/mol. The summed E-state index contributed by atoms with van der Waals surface area (Å²) in [5, 5.41) is 17.4. The van der Waals surface area contributed by atoms with Crippen molar-refractivity contribution in [2.45, 2.75) is 13.0 Å². The van der Waals surface area contributed by atoms with Crippen LogP contribution >= 0.6 is 0 Å². The van der Waals surface area contributed by atoms with Crippen LogP contribution in [0.15, 0.2) is 6.20 Å². The Morgan fingerprint density at radius 3 is 3.08 bits per heavy atom. The first-order valence-corrected chi connectivity index (χ1v) is 3.86. The van der Waals surface area contributed by atoms with Crippen molar-refractivity contribution in [1.29, 1.82) is 0 Å². The molecule has 0 fully saturated rings. The van der Waals surface area contributed by atoms with Crippen LogP contribution < -0.4 is 11.1 Å². The highest BCUT2D eigenvalue weighted by atomic mass is 16.3. The van der Waals surface area contributed by atoms with Crippen molar-refractivity contribution in [1.82, 2.24) is 15.5 Å². The standard InChI is InChI=1S/C7H12N4O2/c1-4(12)2-9-7(13)5-3-10-11-6(5)8/h3-4,12H,2H2,1H3,(H,9,13)(H3,8,10,11). The Labute approximate surface area is 75.1 Å². The summed E-state index contributed by atoms with van der Waals surface area (Å²) in [5.74, 6) is -0.116. The molecule has 0 bridgehead atoms. The van der Waals surface area contributed by atoms with E-state index in [4.69, 9.17) is 10.8 Å². The second-order valence-corrected chi connectivity index (χ2v) is 2.76. The highest BCUT2D eigenvalue weighted by Crippen LogP contribution is 2.04. The van der Waals surface area contributed by atoms with E-state index in [1.54, 1.807) is 6.92 Å². The number of carbonyl (C=O) groups excluding carboxylic acids is 1. The number of aromatic nitrogens is 2. The summed E-state index contributed by atoms with van der Waals surface area (Å²) in [5.41, 5.74) is 5.70. The van der Waals surface area contributed by atoms with Gasteiger partial charge in [-0.15, -0.1) is 0 Å². The lowest BCUT2D eigenvalue weighted by Crippen LogP contribution is -2.30. The van der Waals surface area contributed by atoms with Crippen molar-refractivity contribution in [2.24, 2.45) is 0 Å². The van der Waals surface area contributed by atoms with Gasteiger partial charge in [-0.1, -0.05) is 0 Å². The van der Waals surface area contributed by atoms with E-state index in [1.165, 1.54) is 6.20 Å². The number of aromatic amines is 1. The van der Waals surface area contributed by atoms with E-state index in [2.05, 4.69) is 15.5 Å². The minimum atomic E-state index is -0.572. The maximum Gasteiger partial charge on any atom is 0.256 e. The maximum absolute atomic E-state index is 11.3. The minimum absolute atomic E-state index is 0.198. The normalized spacial score (nSPS) is 12.5. The molecule has 1 aromatic heterocycles. The highest BCUT2D eigenvalue weighted by Gasteiger charge is 2.11. The van der Waals surface area contributed by atoms with Gasteiger partial charge in [-0.05, 0) is 6.92 Å². The van der Waals surface area contributed by atoms with Crippen molar-refractivity contribution in [3.8, 4) is 0 Å². The number of carbonyl (C=O) groups is 1. The van der Waals surface area contributed by atoms with Crippen LogP contribution in [0.1, 0.15) is 17.3 Å². The largest absolute Gasteiger partial charge is 0.392 e. The number of hydrogen-bond acceptors (Lipinski definition) is 4. The van der Waals surface area contributed by atoms with Crippen LogP contribution in [0.25, 0.3) is 0 Å². The van der Waals surface area contributed by atoms with Crippen molar-refractivity contribution >= 4 is 11.7 Å². The molecule has 6 heteroatoms. The quantitative estimate of drug-likeness (QED) is 0.488. The van der Waals surface area contributed by atoms with Gasteiger partial charge in [0.2, 0.25) is 0 Å². The summed E-state index contributed by atoms with van der Waals surface area (Å²) in [7, 11) is 0. The molecule has 1 aromatic rings. The fourth-order valence-corrected chi connectivity index (χ4v) is 0.813. The molecule has 0 aliphatic rings. The van der Waals surface area contributed by atoms with E-state index in [1.807, 2.05) is 0 Å². The van der Waals surface area contributed by atoms with Crippen molar-refractivity contribution in [2.75, 3.05) is 12.3 Å². The Bertz CT molecular complexity index is 294. The summed E-state index contributed by atoms with van der Waals surface area (Å²) in [6.07, 6.45) is 0.768. The Morgan fingerprint density at radius 2 is 2.62 bits per heavy atom. The zero-order valence-corrected chi connectivity index (χ0v) is 7.24. The topological polar surface area (TPSA) is 104 Å². The van der Waals surface area contributed by atoms with E-state index < -0.39 is 6.10 Å². The van der Waals surface area contributed by atoms with Crippen LogP contribution in [0.5, 0.6) is 0 Å². The van der Waals surface area contributed by atoms with Crippen LogP contribution in [-0.4, -0.2) is 33.9 Å². The predicted molar refractivity (Wildman–Crippen MR) is 47.0 cm³/mol. The van der Waals surface area contributed by atoms with Crippen molar-refractivity contribution in [3.05, 3.63) is 11.8 Å². The first-order valence-electron chi connectivity index (χ1n) is 3.86. The lowest BCUT2D eigenvalue weighted by Gasteiger charge is -2.05. The van der Waals surface area contributed by atoms with Crippen LogP contribution in [-0.2, 0) is 0 Å². The Morgan fingerprint density at radius 1 is 1.92 bits per heavy atom. The van der Waals surface area contributed by atoms with Gasteiger partial charge in [-0.2, -0.15) is 5.10 Å². The molecular weight excluding hydrogens is 172 g/mol. The Balaban J connectivity index is 2.54. The van der Waals surface area contributed by atoms with Crippen molar-refractivity contribution < 1.29 is 9.90 Å². The molecule has 0 aromatic carbocycles. The number of amides is 1. The van der Waals surface area contributed by atoms with Gasteiger partial charge in [0.05, 0.1) is 12.3 Å². The molecule has 13 heavy (non-hydrogen) atoms. The van der Waals surface area contributed by atoms with Gasteiger partial charge in [-0.25, -0.2) is 0 Å².